The van der Waals surface area contributed by atoms with E-state index in [4.69, 9.17) is 4.74 Å². The second kappa shape index (κ2) is 8.28. The van der Waals surface area contributed by atoms with Crippen molar-refractivity contribution in [2.75, 3.05) is 12.4 Å². The molecule has 4 rings (SSSR count). The molecule has 0 radical (unpaired) electrons. The van der Waals surface area contributed by atoms with Gasteiger partial charge in [0, 0.05) is 17.3 Å². The Morgan fingerprint density at radius 1 is 1.08 bits per heavy atom. The van der Waals surface area contributed by atoms with Crippen LogP contribution in [0.1, 0.15) is 53.2 Å². The van der Waals surface area contributed by atoms with Gasteiger partial charge in [0.2, 0.25) is 0 Å². The molecular formula is C22H25NO2S. The normalized spacial score (nSPS) is 22.0. The number of hydrogen-bond acceptors (Lipinski definition) is 3. The molecule has 0 saturated carbocycles. The Balaban J connectivity index is 1.47. The number of carbonyl (C=O) groups excluding carboxylic acids is 1. The number of fused-ring (bicyclic) bond motifs is 1. The number of amides is 1. The molecule has 0 spiro atoms. The third-order valence-electron chi connectivity index (χ3n) is 5.26. The lowest BCUT2D eigenvalue weighted by atomic mass is 9.87. The van der Waals surface area contributed by atoms with Gasteiger partial charge >= 0.3 is 0 Å². The van der Waals surface area contributed by atoms with E-state index in [0.717, 1.165) is 54.9 Å². The molecule has 0 aromatic heterocycles. The Bertz CT molecular complexity index is 770. The van der Waals surface area contributed by atoms with E-state index in [9.17, 15) is 4.79 Å². The Labute approximate surface area is 159 Å². The lowest BCUT2D eigenvalue weighted by Crippen LogP contribution is -2.31. The molecule has 0 bridgehead atoms. The quantitative estimate of drug-likeness (QED) is 0.774. The summed E-state index contributed by atoms with van der Waals surface area (Å²) in [6, 6.07) is 16.5. The van der Waals surface area contributed by atoms with Gasteiger partial charge in [0.15, 0.2) is 0 Å². The van der Waals surface area contributed by atoms with Gasteiger partial charge in [0.25, 0.3) is 5.91 Å². The maximum absolute atomic E-state index is 13.0. The van der Waals surface area contributed by atoms with Gasteiger partial charge in [0.1, 0.15) is 0 Å². The van der Waals surface area contributed by atoms with E-state index < -0.39 is 0 Å². The van der Waals surface area contributed by atoms with E-state index in [1.165, 1.54) is 11.1 Å². The van der Waals surface area contributed by atoms with E-state index in [-0.39, 0.29) is 11.9 Å². The number of thioether (sulfide) groups is 1. The van der Waals surface area contributed by atoms with Gasteiger partial charge in [-0.15, -0.1) is 11.8 Å². The number of benzene rings is 2. The Morgan fingerprint density at radius 3 is 2.81 bits per heavy atom. The van der Waals surface area contributed by atoms with Crippen LogP contribution in [0, 0.1) is 0 Å². The van der Waals surface area contributed by atoms with Crippen molar-refractivity contribution in [1.82, 2.24) is 5.32 Å². The van der Waals surface area contributed by atoms with Crippen molar-refractivity contribution in [2.45, 2.75) is 49.1 Å². The minimum atomic E-state index is 0.0298. The molecule has 1 aliphatic carbocycles. The van der Waals surface area contributed by atoms with Gasteiger partial charge in [-0.3, -0.25) is 4.79 Å². The average Bonchev–Trinajstić information content (AvgIpc) is 3.20. The number of aryl methyl sites for hydroxylation is 1. The lowest BCUT2D eigenvalue weighted by Gasteiger charge is -2.26. The molecule has 3 nitrogen and oxygen atoms in total. The van der Waals surface area contributed by atoms with Crippen LogP contribution in [0.25, 0.3) is 0 Å². The summed E-state index contributed by atoms with van der Waals surface area (Å²) < 4.78 is 5.71. The third-order valence-corrected chi connectivity index (χ3v) is 6.46. The maximum atomic E-state index is 13.0. The summed E-state index contributed by atoms with van der Waals surface area (Å²) in [5, 5.41) is 3.28. The molecule has 0 unspecified atom stereocenters. The molecule has 1 amide bonds. The summed E-state index contributed by atoms with van der Waals surface area (Å²) in [5.74, 6) is 0.943. The van der Waals surface area contributed by atoms with Crippen LogP contribution in [0.15, 0.2) is 53.4 Å². The second-order valence-corrected chi connectivity index (χ2v) is 8.12. The highest BCUT2D eigenvalue weighted by Gasteiger charge is 2.23. The van der Waals surface area contributed by atoms with Crippen LogP contribution in [0.4, 0.5) is 0 Å². The Hall–Kier alpha value is -1.78. The summed E-state index contributed by atoms with van der Waals surface area (Å²) >= 11 is 1.73. The first kappa shape index (κ1) is 17.6. The van der Waals surface area contributed by atoms with Crippen molar-refractivity contribution in [3.63, 3.8) is 0 Å². The molecule has 2 aliphatic rings. The van der Waals surface area contributed by atoms with Gasteiger partial charge in [-0.25, -0.2) is 0 Å². The van der Waals surface area contributed by atoms with Crippen LogP contribution in [-0.4, -0.2) is 24.4 Å². The average molecular weight is 368 g/mol. The van der Waals surface area contributed by atoms with Gasteiger partial charge in [-0.1, -0.05) is 36.4 Å². The SMILES string of the molecule is O=C(N[C@@H]1CCCc2ccccc21)c1ccccc1SC[C@@H]1CCCO1. The largest absolute Gasteiger partial charge is 0.377 e. The van der Waals surface area contributed by atoms with Crippen molar-refractivity contribution in [3.05, 3.63) is 65.2 Å². The molecule has 1 saturated heterocycles. The minimum absolute atomic E-state index is 0.0298. The fraction of sp³-hybridized carbons (Fsp3) is 0.409. The highest BCUT2D eigenvalue weighted by molar-refractivity contribution is 7.99. The molecule has 2 aromatic rings. The van der Waals surface area contributed by atoms with Crippen molar-refractivity contribution in [2.24, 2.45) is 0 Å². The molecule has 1 fully saturated rings. The van der Waals surface area contributed by atoms with Crippen LogP contribution >= 0.6 is 11.8 Å². The fourth-order valence-electron chi connectivity index (χ4n) is 3.88. The first-order chi connectivity index (χ1) is 12.8. The highest BCUT2D eigenvalue weighted by atomic mass is 32.2. The van der Waals surface area contributed by atoms with Gasteiger partial charge in [-0.2, -0.15) is 0 Å². The van der Waals surface area contributed by atoms with Crippen LogP contribution in [0.2, 0.25) is 0 Å². The summed E-state index contributed by atoms with van der Waals surface area (Å²) in [6.45, 7) is 0.869. The maximum Gasteiger partial charge on any atom is 0.252 e. The number of rotatable bonds is 5. The summed E-state index contributed by atoms with van der Waals surface area (Å²) in [6.07, 6.45) is 5.83. The fourth-order valence-corrected chi connectivity index (χ4v) is 5.00. The van der Waals surface area contributed by atoms with Crippen LogP contribution in [-0.2, 0) is 11.2 Å². The predicted molar refractivity (Wildman–Crippen MR) is 106 cm³/mol. The minimum Gasteiger partial charge on any atom is -0.377 e. The van der Waals surface area contributed by atoms with Crippen molar-refractivity contribution in [1.29, 1.82) is 0 Å². The van der Waals surface area contributed by atoms with Crippen LogP contribution in [0.5, 0.6) is 0 Å². The molecule has 4 heteroatoms. The molecule has 1 heterocycles. The van der Waals surface area contributed by atoms with E-state index in [0.29, 0.717) is 6.10 Å². The first-order valence-electron chi connectivity index (χ1n) is 9.53. The van der Waals surface area contributed by atoms with Gasteiger partial charge in [-0.05, 0) is 55.4 Å². The van der Waals surface area contributed by atoms with E-state index in [1.54, 1.807) is 11.8 Å². The van der Waals surface area contributed by atoms with E-state index in [1.807, 2.05) is 24.3 Å². The zero-order chi connectivity index (χ0) is 17.8. The standard InChI is InChI=1S/C22H25NO2S/c24-22(23-20-12-5-8-16-7-1-2-10-18(16)20)19-11-3-4-13-21(19)26-15-17-9-6-14-25-17/h1-4,7,10-11,13,17,20H,5-6,8-9,12,14-15H2,(H,23,24)/t17-,20+/m0/s1. The molecule has 2 atom stereocenters. The molecule has 136 valence electrons. The predicted octanol–water partition coefficient (Wildman–Crippen LogP) is 4.77. The number of carbonyl (C=O) groups is 1. The molecular weight excluding hydrogens is 342 g/mol. The molecule has 26 heavy (non-hydrogen) atoms. The molecule has 1 N–H and O–H groups in total. The number of hydrogen-bond donors (Lipinski definition) is 1. The van der Waals surface area contributed by atoms with Gasteiger partial charge < -0.3 is 10.1 Å². The number of nitrogens with one attached hydrogen (secondary N) is 1. The highest BCUT2D eigenvalue weighted by Crippen LogP contribution is 2.31. The third kappa shape index (κ3) is 3.97. The first-order valence-corrected chi connectivity index (χ1v) is 10.5. The zero-order valence-corrected chi connectivity index (χ0v) is 15.8. The second-order valence-electron chi connectivity index (χ2n) is 7.06. The summed E-state index contributed by atoms with van der Waals surface area (Å²) in [7, 11) is 0. The number of ether oxygens (including phenoxy) is 1. The van der Waals surface area contributed by atoms with Gasteiger partial charge in [0.05, 0.1) is 17.7 Å². The van der Waals surface area contributed by atoms with E-state index >= 15 is 0 Å². The molecule has 1 aliphatic heterocycles. The van der Waals surface area contributed by atoms with Crippen molar-refractivity contribution in [3.8, 4) is 0 Å². The van der Waals surface area contributed by atoms with Crippen molar-refractivity contribution >= 4 is 17.7 Å². The molecule has 2 aromatic carbocycles. The monoisotopic (exact) mass is 367 g/mol. The summed E-state index contributed by atoms with van der Waals surface area (Å²) in [4.78, 5) is 14.0. The summed E-state index contributed by atoms with van der Waals surface area (Å²) in [5.41, 5.74) is 3.42. The van der Waals surface area contributed by atoms with Crippen LogP contribution < -0.4 is 5.32 Å². The Kier molecular flexibility index (Phi) is 5.61. The topological polar surface area (TPSA) is 38.3 Å². The van der Waals surface area contributed by atoms with Crippen molar-refractivity contribution < 1.29 is 9.53 Å². The van der Waals surface area contributed by atoms with E-state index in [2.05, 4.69) is 29.6 Å². The van der Waals surface area contributed by atoms with Crippen LogP contribution in [0.3, 0.4) is 0 Å². The smallest absolute Gasteiger partial charge is 0.252 e. The Morgan fingerprint density at radius 2 is 1.92 bits per heavy atom. The lowest BCUT2D eigenvalue weighted by molar-refractivity contribution is 0.0929. The zero-order valence-electron chi connectivity index (χ0n) is 14.9.